The minimum absolute atomic E-state index is 0.167. The fourth-order valence-electron chi connectivity index (χ4n) is 2.12. The minimum Gasteiger partial charge on any atom is -0.383 e. The summed E-state index contributed by atoms with van der Waals surface area (Å²) in [6.07, 6.45) is 0.620. The van der Waals surface area contributed by atoms with E-state index in [9.17, 15) is 9.90 Å². The molecule has 0 radical (unpaired) electrons. The van der Waals surface area contributed by atoms with Crippen molar-refractivity contribution in [2.75, 3.05) is 11.4 Å². The maximum absolute atomic E-state index is 11.9. The Balaban J connectivity index is 2.36. The molecule has 86 valence electrons. The summed E-state index contributed by atoms with van der Waals surface area (Å²) in [4.78, 5) is 13.6. The topological polar surface area (TPSA) is 40.5 Å². The van der Waals surface area contributed by atoms with Crippen LogP contribution in [0.1, 0.15) is 24.0 Å². The summed E-state index contributed by atoms with van der Waals surface area (Å²) in [6.45, 7) is 4.75. The van der Waals surface area contributed by atoms with Crippen LogP contribution in [0.5, 0.6) is 0 Å². The molecule has 0 aromatic heterocycles. The molecule has 0 saturated carbocycles. The molecule has 0 spiro atoms. The maximum atomic E-state index is 11.9. The summed E-state index contributed by atoms with van der Waals surface area (Å²) >= 11 is 0. The number of aliphatic hydroxyl groups is 1. The van der Waals surface area contributed by atoms with Gasteiger partial charge < -0.3 is 10.0 Å². The number of amides is 1. The van der Waals surface area contributed by atoms with E-state index in [0.717, 1.165) is 17.7 Å². The molecule has 1 aliphatic heterocycles. The third-order valence-corrected chi connectivity index (χ3v) is 3.28. The molecule has 3 nitrogen and oxygen atoms in total. The van der Waals surface area contributed by atoms with Crippen molar-refractivity contribution < 1.29 is 9.90 Å². The van der Waals surface area contributed by atoms with Crippen molar-refractivity contribution in [3.8, 4) is 0 Å². The fourth-order valence-corrected chi connectivity index (χ4v) is 2.12. The van der Waals surface area contributed by atoms with Gasteiger partial charge >= 0.3 is 0 Å². The van der Waals surface area contributed by atoms with E-state index in [1.54, 1.807) is 4.90 Å². The van der Waals surface area contributed by atoms with Crippen molar-refractivity contribution in [3.63, 3.8) is 0 Å². The van der Waals surface area contributed by atoms with Crippen LogP contribution in [0.25, 0.3) is 0 Å². The van der Waals surface area contributed by atoms with E-state index < -0.39 is 6.10 Å². The molecule has 1 amide bonds. The molecule has 3 heteroatoms. The Bertz CT molecular complexity index is 414. The molecule has 1 aliphatic rings. The lowest BCUT2D eigenvalue weighted by Crippen LogP contribution is -2.44. The molecular weight excluding hydrogens is 202 g/mol. The first-order valence-electron chi connectivity index (χ1n) is 5.67. The van der Waals surface area contributed by atoms with Crippen LogP contribution in [-0.2, 0) is 4.79 Å². The molecule has 1 unspecified atom stereocenters. The van der Waals surface area contributed by atoms with Crippen LogP contribution in [0.15, 0.2) is 18.2 Å². The number of piperidine rings is 1. The third kappa shape index (κ3) is 1.83. The number of hydrogen-bond acceptors (Lipinski definition) is 2. The van der Waals surface area contributed by atoms with Crippen molar-refractivity contribution in [1.82, 2.24) is 0 Å². The zero-order valence-corrected chi connectivity index (χ0v) is 9.73. The largest absolute Gasteiger partial charge is 0.383 e. The van der Waals surface area contributed by atoms with Crippen molar-refractivity contribution in [2.45, 2.75) is 32.8 Å². The van der Waals surface area contributed by atoms with Crippen molar-refractivity contribution in [3.05, 3.63) is 29.3 Å². The zero-order chi connectivity index (χ0) is 11.7. The molecular formula is C13H17NO2. The lowest BCUT2D eigenvalue weighted by Gasteiger charge is -2.31. The van der Waals surface area contributed by atoms with Crippen LogP contribution in [0.2, 0.25) is 0 Å². The summed E-state index contributed by atoms with van der Waals surface area (Å²) in [5.74, 6) is -0.167. The molecule has 1 saturated heterocycles. The fraction of sp³-hybridized carbons (Fsp3) is 0.462. The Morgan fingerprint density at radius 2 is 2.12 bits per heavy atom. The Morgan fingerprint density at radius 3 is 2.88 bits per heavy atom. The molecule has 1 aromatic carbocycles. The minimum atomic E-state index is -0.825. The SMILES string of the molecule is Cc1cccc(N2CCCC(O)C2=O)c1C. The average Bonchev–Trinajstić information content (AvgIpc) is 2.27. The van der Waals surface area contributed by atoms with Gasteiger partial charge in [-0.15, -0.1) is 0 Å². The molecule has 2 rings (SSSR count). The highest BCUT2D eigenvalue weighted by molar-refractivity contribution is 5.97. The van der Waals surface area contributed by atoms with E-state index in [1.807, 2.05) is 32.0 Å². The molecule has 1 atom stereocenters. The number of benzene rings is 1. The first-order chi connectivity index (χ1) is 7.61. The molecule has 1 N–H and O–H groups in total. The second kappa shape index (κ2) is 4.26. The summed E-state index contributed by atoms with van der Waals surface area (Å²) in [5, 5.41) is 9.58. The van der Waals surface area contributed by atoms with Gasteiger partial charge in [-0.2, -0.15) is 0 Å². The predicted octanol–water partition coefficient (Wildman–Crippen LogP) is 1.79. The number of aliphatic hydroxyl groups excluding tert-OH is 1. The van der Waals surface area contributed by atoms with Crippen molar-refractivity contribution >= 4 is 11.6 Å². The number of carbonyl (C=O) groups excluding carboxylic acids is 1. The van der Waals surface area contributed by atoms with Gasteiger partial charge in [0, 0.05) is 12.2 Å². The van der Waals surface area contributed by atoms with Gasteiger partial charge in [0.15, 0.2) is 0 Å². The lowest BCUT2D eigenvalue weighted by molar-refractivity contribution is -0.128. The second-order valence-corrected chi connectivity index (χ2v) is 4.37. The maximum Gasteiger partial charge on any atom is 0.255 e. The first kappa shape index (κ1) is 11.1. The Kier molecular flexibility index (Phi) is 2.97. The number of hydrogen-bond donors (Lipinski definition) is 1. The van der Waals surface area contributed by atoms with E-state index in [-0.39, 0.29) is 5.91 Å². The molecule has 0 aliphatic carbocycles. The number of nitrogens with zero attached hydrogens (tertiary/aromatic N) is 1. The first-order valence-corrected chi connectivity index (χ1v) is 5.67. The molecule has 1 fully saturated rings. The van der Waals surface area contributed by atoms with Gasteiger partial charge in [-0.1, -0.05) is 12.1 Å². The molecule has 1 heterocycles. The molecule has 1 aromatic rings. The van der Waals surface area contributed by atoms with Gasteiger partial charge in [0.1, 0.15) is 6.10 Å². The highest BCUT2D eigenvalue weighted by Crippen LogP contribution is 2.26. The van der Waals surface area contributed by atoms with Crippen LogP contribution in [0, 0.1) is 13.8 Å². The Labute approximate surface area is 95.7 Å². The van der Waals surface area contributed by atoms with Gasteiger partial charge in [-0.3, -0.25) is 4.79 Å². The van der Waals surface area contributed by atoms with E-state index in [1.165, 1.54) is 5.56 Å². The van der Waals surface area contributed by atoms with Crippen LogP contribution >= 0.6 is 0 Å². The van der Waals surface area contributed by atoms with E-state index >= 15 is 0 Å². The van der Waals surface area contributed by atoms with Crippen molar-refractivity contribution in [2.24, 2.45) is 0 Å². The predicted molar refractivity (Wildman–Crippen MR) is 63.5 cm³/mol. The smallest absolute Gasteiger partial charge is 0.255 e. The van der Waals surface area contributed by atoms with E-state index in [4.69, 9.17) is 0 Å². The van der Waals surface area contributed by atoms with E-state index in [0.29, 0.717) is 13.0 Å². The summed E-state index contributed by atoms with van der Waals surface area (Å²) in [5.41, 5.74) is 3.22. The van der Waals surface area contributed by atoms with Gasteiger partial charge in [-0.25, -0.2) is 0 Å². The number of carbonyl (C=O) groups is 1. The van der Waals surface area contributed by atoms with Gasteiger partial charge in [0.25, 0.3) is 5.91 Å². The van der Waals surface area contributed by atoms with E-state index in [2.05, 4.69) is 0 Å². The molecule has 0 bridgehead atoms. The van der Waals surface area contributed by atoms with Crippen LogP contribution in [0.4, 0.5) is 5.69 Å². The van der Waals surface area contributed by atoms with Crippen LogP contribution in [0.3, 0.4) is 0 Å². The Hall–Kier alpha value is -1.35. The summed E-state index contributed by atoms with van der Waals surface area (Å²) in [7, 11) is 0. The van der Waals surface area contributed by atoms with Gasteiger partial charge in [-0.05, 0) is 43.9 Å². The highest BCUT2D eigenvalue weighted by Gasteiger charge is 2.28. The van der Waals surface area contributed by atoms with Crippen LogP contribution < -0.4 is 4.90 Å². The monoisotopic (exact) mass is 219 g/mol. The van der Waals surface area contributed by atoms with Crippen molar-refractivity contribution in [1.29, 1.82) is 0 Å². The lowest BCUT2D eigenvalue weighted by atomic mass is 10.0. The summed E-state index contributed by atoms with van der Waals surface area (Å²) < 4.78 is 0. The van der Waals surface area contributed by atoms with Crippen LogP contribution in [-0.4, -0.2) is 23.7 Å². The summed E-state index contributed by atoms with van der Waals surface area (Å²) in [6, 6.07) is 5.92. The Morgan fingerprint density at radius 1 is 1.38 bits per heavy atom. The highest BCUT2D eigenvalue weighted by atomic mass is 16.3. The molecule has 16 heavy (non-hydrogen) atoms. The zero-order valence-electron chi connectivity index (χ0n) is 9.73. The second-order valence-electron chi connectivity index (χ2n) is 4.37. The quantitative estimate of drug-likeness (QED) is 0.782. The standard InChI is InChI=1S/C13H17NO2/c1-9-5-3-6-11(10(9)2)14-8-4-7-12(15)13(14)16/h3,5-6,12,15H,4,7-8H2,1-2H3. The number of rotatable bonds is 1. The average molecular weight is 219 g/mol. The number of aryl methyl sites for hydroxylation is 1. The van der Waals surface area contributed by atoms with Gasteiger partial charge in [0.2, 0.25) is 0 Å². The van der Waals surface area contributed by atoms with Gasteiger partial charge in [0.05, 0.1) is 0 Å². The number of anilines is 1. The third-order valence-electron chi connectivity index (χ3n) is 3.28. The normalized spacial score (nSPS) is 21.3.